The van der Waals surface area contributed by atoms with Crippen LogP contribution in [0.2, 0.25) is 0 Å². The Morgan fingerprint density at radius 3 is 1.45 bits per heavy atom. The second-order valence-corrected chi connectivity index (χ2v) is 5.74. The maximum Gasteiger partial charge on any atom is 0.318 e. The first-order chi connectivity index (χ1) is 9.02. The van der Waals surface area contributed by atoms with E-state index in [9.17, 15) is 19.8 Å². The fraction of sp³-hybridized carbons (Fsp3) is 0.500. The van der Waals surface area contributed by atoms with E-state index < -0.39 is 23.3 Å². The van der Waals surface area contributed by atoms with Crippen LogP contribution in [0.1, 0.15) is 41.5 Å². The molecule has 112 valence electrons. The summed E-state index contributed by atoms with van der Waals surface area (Å²) in [4.78, 5) is 23.4. The number of carboxylic acid groups (broad SMARTS) is 2. The molecule has 0 aromatic heterocycles. The first kappa shape index (κ1) is 18.2. The van der Waals surface area contributed by atoms with E-state index in [-0.39, 0.29) is 0 Å². The van der Waals surface area contributed by atoms with E-state index in [4.69, 9.17) is 0 Å². The van der Waals surface area contributed by atoms with Crippen LogP contribution in [0.15, 0.2) is 34.9 Å². The van der Waals surface area contributed by atoms with E-state index in [1.165, 1.54) is 18.2 Å². The van der Waals surface area contributed by atoms with Crippen LogP contribution in [-0.4, -0.2) is 22.2 Å². The van der Waals surface area contributed by atoms with Crippen molar-refractivity contribution in [1.29, 1.82) is 0 Å². The van der Waals surface area contributed by atoms with Gasteiger partial charge in [0.25, 0.3) is 0 Å². The Morgan fingerprint density at radius 1 is 0.850 bits per heavy atom. The number of hydrogen-bond donors (Lipinski definition) is 2. The summed E-state index contributed by atoms with van der Waals surface area (Å²) in [5, 5.41) is 19.1. The summed E-state index contributed by atoms with van der Waals surface area (Å²) in [5.74, 6) is -3.46. The zero-order chi connectivity index (χ0) is 16.1. The Bertz CT molecular complexity index is 451. The molecule has 0 aliphatic heterocycles. The van der Waals surface area contributed by atoms with Crippen LogP contribution in [-0.2, 0) is 9.59 Å². The maximum atomic E-state index is 11.8. The maximum absolute atomic E-state index is 11.8. The molecule has 20 heavy (non-hydrogen) atoms. The van der Waals surface area contributed by atoms with Gasteiger partial charge in [-0.1, -0.05) is 34.9 Å². The van der Waals surface area contributed by atoms with Crippen LogP contribution in [0, 0.1) is 11.3 Å². The standard InChI is InChI=1S/C16H24O4/c1-10(2)7-13(14(17)18)16(15(19)20,8-11(3)4)9-12(5)6/h7-9,13H,1-6H3,(H,17,18)(H,19,20). The number of hydrogen-bond acceptors (Lipinski definition) is 2. The van der Waals surface area contributed by atoms with Crippen molar-refractivity contribution in [2.75, 3.05) is 0 Å². The molecule has 0 fully saturated rings. The first-order valence-corrected chi connectivity index (χ1v) is 6.46. The van der Waals surface area contributed by atoms with Gasteiger partial charge in [0.1, 0.15) is 5.41 Å². The Labute approximate surface area is 120 Å². The minimum Gasteiger partial charge on any atom is -0.481 e. The molecule has 0 heterocycles. The van der Waals surface area contributed by atoms with Crippen LogP contribution in [0.25, 0.3) is 0 Å². The zero-order valence-corrected chi connectivity index (χ0v) is 13.0. The van der Waals surface area contributed by atoms with Crippen molar-refractivity contribution >= 4 is 11.9 Å². The lowest BCUT2D eigenvalue weighted by atomic mass is 9.72. The quantitative estimate of drug-likeness (QED) is 0.728. The predicted molar refractivity (Wildman–Crippen MR) is 79.5 cm³/mol. The van der Waals surface area contributed by atoms with Gasteiger partial charge in [0.2, 0.25) is 0 Å². The van der Waals surface area contributed by atoms with E-state index in [0.29, 0.717) is 0 Å². The molecule has 2 N–H and O–H groups in total. The molecule has 0 radical (unpaired) electrons. The summed E-state index contributed by atoms with van der Waals surface area (Å²) in [6, 6.07) is 0. The lowest BCUT2D eigenvalue weighted by molar-refractivity contribution is -0.154. The number of aliphatic carboxylic acids is 2. The minimum absolute atomic E-state index is 0.762. The second kappa shape index (κ2) is 7.08. The third kappa shape index (κ3) is 4.68. The van der Waals surface area contributed by atoms with Crippen molar-refractivity contribution in [3.8, 4) is 0 Å². The topological polar surface area (TPSA) is 74.6 Å². The van der Waals surface area contributed by atoms with Gasteiger partial charge >= 0.3 is 11.9 Å². The molecule has 4 nitrogen and oxygen atoms in total. The van der Waals surface area contributed by atoms with Gasteiger partial charge in [-0.3, -0.25) is 9.59 Å². The molecule has 0 spiro atoms. The summed E-state index contributed by atoms with van der Waals surface area (Å²) in [6.45, 7) is 10.6. The highest BCUT2D eigenvalue weighted by atomic mass is 16.4. The molecule has 0 bridgehead atoms. The van der Waals surface area contributed by atoms with Crippen molar-refractivity contribution in [2.24, 2.45) is 11.3 Å². The Morgan fingerprint density at radius 2 is 1.25 bits per heavy atom. The Kier molecular flexibility index (Phi) is 6.43. The third-order valence-corrected chi connectivity index (χ3v) is 2.71. The van der Waals surface area contributed by atoms with Gasteiger partial charge in [-0.15, -0.1) is 0 Å². The van der Waals surface area contributed by atoms with E-state index in [0.717, 1.165) is 16.7 Å². The summed E-state index contributed by atoms with van der Waals surface area (Å²) in [7, 11) is 0. The van der Waals surface area contributed by atoms with Crippen LogP contribution < -0.4 is 0 Å². The highest BCUT2D eigenvalue weighted by Gasteiger charge is 2.45. The van der Waals surface area contributed by atoms with Gasteiger partial charge in [0.15, 0.2) is 0 Å². The molecule has 4 heteroatoms. The van der Waals surface area contributed by atoms with Crippen LogP contribution in [0.5, 0.6) is 0 Å². The van der Waals surface area contributed by atoms with E-state index in [1.807, 2.05) is 0 Å². The van der Waals surface area contributed by atoms with Crippen LogP contribution in [0.4, 0.5) is 0 Å². The minimum atomic E-state index is -1.57. The molecular formula is C16H24O4. The van der Waals surface area contributed by atoms with Gasteiger partial charge in [0.05, 0.1) is 5.92 Å². The summed E-state index contributed by atoms with van der Waals surface area (Å²) in [5.41, 5.74) is 0.727. The van der Waals surface area contributed by atoms with Gasteiger partial charge in [-0.25, -0.2) is 0 Å². The van der Waals surface area contributed by atoms with Crippen LogP contribution >= 0.6 is 0 Å². The molecule has 1 unspecified atom stereocenters. The number of rotatable bonds is 6. The third-order valence-electron chi connectivity index (χ3n) is 2.71. The lowest BCUT2D eigenvalue weighted by Crippen LogP contribution is -2.39. The normalized spacial score (nSPS) is 12.1. The number of allylic oxidation sites excluding steroid dienone is 3. The van der Waals surface area contributed by atoms with Crippen molar-refractivity contribution in [2.45, 2.75) is 41.5 Å². The zero-order valence-electron chi connectivity index (χ0n) is 13.0. The number of carbonyl (C=O) groups is 2. The molecule has 0 aliphatic carbocycles. The van der Waals surface area contributed by atoms with E-state index >= 15 is 0 Å². The largest absolute Gasteiger partial charge is 0.481 e. The van der Waals surface area contributed by atoms with Crippen molar-refractivity contribution < 1.29 is 19.8 Å². The average molecular weight is 280 g/mol. The molecule has 0 amide bonds. The van der Waals surface area contributed by atoms with Crippen molar-refractivity contribution in [3.05, 3.63) is 34.9 Å². The van der Waals surface area contributed by atoms with Crippen molar-refractivity contribution in [1.82, 2.24) is 0 Å². The van der Waals surface area contributed by atoms with Gasteiger partial charge in [0, 0.05) is 0 Å². The summed E-state index contributed by atoms with van der Waals surface area (Å²) < 4.78 is 0. The Balaban J connectivity index is 6.40. The van der Waals surface area contributed by atoms with Gasteiger partial charge in [-0.2, -0.15) is 0 Å². The first-order valence-electron chi connectivity index (χ1n) is 6.46. The SMILES string of the molecule is CC(C)=CC(C(=O)O)C(C=C(C)C)(C=C(C)C)C(=O)O. The molecule has 0 saturated carbocycles. The highest BCUT2D eigenvalue weighted by Crippen LogP contribution is 2.36. The molecule has 1 atom stereocenters. The fourth-order valence-electron chi connectivity index (χ4n) is 2.18. The Hall–Kier alpha value is -1.84. The highest BCUT2D eigenvalue weighted by molar-refractivity contribution is 5.88. The van der Waals surface area contributed by atoms with E-state index in [1.54, 1.807) is 41.5 Å². The second-order valence-electron chi connectivity index (χ2n) is 5.74. The molecule has 0 aromatic rings. The summed E-state index contributed by atoms with van der Waals surface area (Å²) >= 11 is 0. The van der Waals surface area contributed by atoms with Gasteiger partial charge < -0.3 is 10.2 Å². The molecule has 0 aromatic carbocycles. The number of carboxylic acids is 2. The molecule has 0 aliphatic rings. The average Bonchev–Trinajstić information content (AvgIpc) is 2.22. The monoisotopic (exact) mass is 280 g/mol. The van der Waals surface area contributed by atoms with E-state index in [2.05, 4.69) is 0 Å². The lowest BCUT2D eigenvalue weighted by Gasteiger charge is -2.29. The van der Waals surface area contributed by atoms with Gasteiger partial charge in [-0.05, 0) is 41.5 Å². The molecule has 0 rings (SSSR count). The van der Waals surface area contributed by atoms with Crippen LogP contribution in [0.3, 0.4) is 0 Å². The predicted octanol–water partition coefficient (Wildman–Crippen LogP) is 3.66. The molecule has 0 saturated heterocycles. The summed E-state index contributed by atoms with van der Waals surface area (Å²) in [6.07, 6.45) is 4.52. The molecular weight excluding hydrogens is 256 g/mol. The smallest absolute Gasteiger partial charge is 0.318 e. The fourth-order valence-corrected chi connectivity index (χ4v) is 2.18. The van der Waals surface area contributed by atoms with Crippen molar-refractivity contribution in [3.63, 3.8) is 0 Å².